The lowest BCUT2D eigenvalue weighted by atomic mass is 10.2. The summed E-state index contributed by atoms with van der Waals surface area (Å²) in [6.07, 6.45) is 0. The highest BCUT2D eigenvalue weighted by Crippen LogP contribution is 2.16. The van der Waals surface area contributed by atoms with Crippen molar-refractivity contribution in [2.75, 3.05) is 7.11 Å². The highest BCUT2D eigenvalue weighted by Gasteiger charge is 2.11. The van der Waals surface area contributed by atoms with Crippen LogP contribution in [0.4, 0.5) is 0 Å². The maximum Gasteiger partial charge on any atom is 0.343 e. The molecule has 0 spiro atoms. The van der Waals surface area contributed by atoms with Crippen LogP contribution in [-0.4, -0.2) is 19.0 Å². The van der Waals surface area contributed by atoms with E-state index in [1.54, 1.807) is 36.4 Å². The molecule has 20 heavy (non-hydrogen) atoms. The lowest BCUT2D eigenvalue weighted by Crippen LogP contribution is -2.09. The molecule has 0 aliphatic rings. The van der Waals surface area contributed by atoms with Gasteiger partial charge in [0.05, 0.1) is 18.2 Å². The van der Waals surface area contributed by atoms with Gasteiger partial charge in [-0.25, -0.2) is 9.59 Å². The van der Waals surface area contributed by atoms with E-state index in [0.717, 1.165) is 3.57 Å². The third-order valence-corrected chi connectivity index (χ3v) is 3.20. The second-order valence-corrected chi connectivity index (χ2v) is 5.16. The van der Waals surface area contributed by atoms with E-state index in [4.69, 9.17) is 4.74 Å². The SMILES string of the molecule is COC(=O)c1cccc(OC(=O)c2cccc(I)c2)c1. The van der Waals surface area contributed by atoms with E-state index in [1.807, 2.05) is 6.07 Å². The van der Waals surface area contributed by atoms with Crippen molar-refractivity contribution in [3.63, 3.8) is 0 Å². The van der Waals surface area contributed by atoms with E-state index >= 15 is 0 Å². The Morgan fingerprint density at radius 1 is 0.950 bits per heavy atom. The molecule has 0 N–H and O–H groups in total. The number of ether oxygens (including phenoxy) is 2. The number of carbonyl (C=O) groups excluding carboxylic acids is 2. The molecule has 0 unspecified atom stereocenters. The number of carbonyl (C=O) groups is 2. The summed E-state index contributed by atoms with van der Waals surface area (Å²) in [5.74, 6) is -0.639. The van der Waals surface area contributed by atoms with Crippen molar-refractivity contribution in [1.29, 1.82) is 0 Å². The van der Waals surface area contributed by atoms with Crippen LogP contribution in [0.1, 0.15) is 20.7 Å². The number of esters is 2. The molecule has 0 aliphatic heterocycles. The van der Waals surface area contributed by atoms with Gasteiger partial charge in [0, 0.05) is 3.57 Å². The number of halogens is 1. The minimum Gasteiger partial charge on any atom is -0.465 e. The first-order valence-corrected chi connectivity index (χ1v) is 6.84. The molecule has 2 rings (SSSR count). The minimum absolute atomic E-state index is 0.303. The summed E-state index contributed by atoms with van der Waals surface area (Å²) in [5.41, 5.74) is 0.792. The lowest BCUT2D eigenvalue weighted by molar-refractivity contribution is 0.0597. The summed E-state index contributed by atoms with van der Waals surface area (Å²) in [6.45, 7) is 0. The van der Waals surface area contributed by atoms with Gasteiger partial charge in [0.1, 0.15) is 5.75 Å². The average Bonchev–Trinajstić information content (AvgIpc) is 2.46. The zero-order chi connectivity index (χ0) is 14.5. The molecule has 0 fully saturated rings. The third-order valence-electron chi connectivity index (χ3n) is 2.53. The Morgan fingerprint density at radius 2 is 1.60 bits per heavy atom. The Morgan fingerprint density at radius 3 is 2.25 bits per heavy atom. The zero-order valence-electron chi connectivity index (χ0n) is 10.6. The van der Waals surface area contributed by atoms with Crippen LogP contribution < -0.4 is 4.74 Å². The fourth-order valence-electron chi connectivity index (χ4n) is 1.59. The van der Waals surface area contributed by atoms with Crippen molar-refractivity contribution in [2.45, 2.75) is 0 Å². The Labute approximate surface area is 129 Å². The normalized spacial score (nSPS) is 9.90. The molecule has 102 valence electrons. The molecule has 2 aromatic rings. The Kier molecular flexibility index (Phi) is 4.73. The predicted molar refractivity (Wildman–Crippen MR) is 81.9 cm³/mol. The van der Waals surface area contributed by atoms with Crippen LogP contribution in [0.3, 0.4) is 0 Å². The molecule has 4 nitrogen and oxygen atoms in total. The smallest absolute Gasteiger partial charge is 0.343 e. The predicted octanol–water partition coefficient (Wildman–Crippen LogP) is 3.30. The largest absolute Gasteiger partial charge is 0.465 e. The number of rotatable bonds is 3. The van der Waals surface area contributed by atoms with Crippen molar-refractivity contribution in [3.05, 3.63) is 63.2 Å². The molecule has 0 radical (unpaired) electrons. The van der Waals surface area contributed by atoms with Crippen LogP contribution in [0.25, 0.3) is 0 Å². The molecule has 2 aromatic carbocycles. The summed E-state index contributed by atoms with van der Waals surface area (Å²) in [4.78, 5) is 23.4. The van der Waals surface area contributed by atoms with Gasteiger partial charge in [-0.15, -0.1) is 0 Å². The zero-order valence-corrected chi connectivity index (χ0v) is 12.8. The topological polar surface area (TPSA) is 52.6 Å². The molecule has 0 aromatic heterocycles. The van der Waals surface area contributed by atoms with E-state index < -0.39 is 11.9 Å². The molecule has 0 atom stereocenters. The van der Waals surface area contributed by atoms with Crippen LogP contribution in [0.2, 0.25) is 0 Å². The van der Waals surface area contributed by atoms with Gasteiger partial charge in [0.25, 0.3) is 0 Å². The first kappa shape index (κ1) is 14.5. The van der Waals surface area contributed by atoms with Gasteiger partial charge in [0.2, 0.25) is 0 Å². The Hall–Kier alpha value is -1.89. The molecule has 0 bridgehead atoms. The van der Waals surface area contributed by atoms with Gasteiger partial charge in [-0.1, -0.05) is 12.1 Å². The maximum absolute atomic E-state index is 12.0. The van der Waals surface area contributed by atoms with Gasteiger partial charge in [-0.05, 0) is 59.0 Å². The van der Waals surface area contributed by atoms with E-state index in [0.29, 0.717) is 16.9 Å². The molecule has 0 aliphatic carbocycles. The quantitative estimate of drug-likeness (QED) is 0.465. The molecular weight excluding hydrogens is 371 g/mol. The van der Waals surface area contributed by atoms with Gasteiger partial charge in [0.15, 0.2) is 0 Å². The molecule has 0 amide bonds. The number of hydrogen-bond donors (Lipinski definition) is 0. The highest BCUT2D eigenvalue weighted by molar-refractivity contribution is 14.1. The standard InChI is InChI=1S/C15H11IO4/c1-19-14(17)11-5-3-7-13(9-11)20-15(18)10-4-2-6-12(16)8-10/h2-9H,1H3. The maximum atomic E-state index is 12.0. The summed E-state index contributed by atoms with van der Waals surface area (Å²) in [6, 6.07) is 13.4. The second kappa shape index (κ2) is 6.51. The van der Waals surface area contributed by atoms with Crippen molar-refractivity contribution < 1.29 is 19.1 Å². The number of benzene rings is 2. The Bertz CT molecular complexity index is 652. The van der Waals surface area contributed by atoms with Gasteiger partial charge < -0.3 is 9.47 Å². The fourth-order valence-corrected chi connectivity index (χ4v) is 2.13. The molecular formula is C15H11IO4. The molecule has 5 heteroatoms. The first-order chi connectivity index (χ1) is 9.60. The van der Waals surface area contributed by atoms with Gasteiger partial charge in [-0.3, -0.25) is 0 Å². The second-order valence-electron chi connectivity index (χ2n) is 3.92. The van der Waals surface area contributed by atoms with Crippen LogP contribution in [0, 0.1) is 3.57 Å². The lowest BCUT2D eigenvalue weighted by Gasteiger charge is -2.06. The monoisotopic (exact) mass is 382 g/mol. The van der Waals surface area contributed by atoms with Crippen LogP contribution in [0.5, 0.6) is 5.75 Å². The number of hydrogen-bond acceptors (Lipinski definition) is 4. The van der Waals surface area contributed by atoms with E-state index in [9.17, 15) is 9.59 Å². The molecule has 0 heterocycles. The summed E-state index contributed by atoms with van der Waals surface area (Å²) in [7, 11) is 1.30. The van der Waals surface area contributed by atoms with Crippen LogP contribution >= 0.6 is 22.6 Å². The van der Waals surface area contributed by atoms with Crippen LogP contribution in [0.15, 0.2) is 48.5 Å². The summed E-state index contributed by atoms with van der Waals surface area (Å²) >= 11 is 2.12. The summed E-state index contributed by atoms with van der Waals surface area (Å²) in [5, 5.41) is 0. The summed E-state index contributed by atoms with van der Waals surface area (Å²) < 4.78 is 10.8. The van der Waals surface area contributed by atoms with Crippen molar-refractivity contribution in [2.24, 2.45) is 0 Å². The van der Waals surface area contributed by atoms with E-state index in [2.05, 4.69) is 27.3 Å². The number of methoxy groups -OCH3 is 1. The first-order valence-electron chi connectivity index (χ1n) is 5.76. The van der Waals surface area contributed by atoms with Gasteiger partial charge >= 0.3 is 11.9 Å². The van der Waals surface area contributed by atoms with E-state index in [-0.39, 0.29) is 0 Å². The van der Waals surface area contributed by atoms with Gasteiger partial charge in [-0.2, -0.15) is 0 Å². The van der Waals surface area contributed by atoms with Crippen molar-refractivity contribution >= 4 is 34.5 Å². The Balaban J connectivity index is 2.18. The molecule has 0 saturated carbocycles. The fraction of sp³-hybridized carbons (Fsp3) is 0.0667. The molecule has 0 saturated heterocycles. The third kappa shape index (κ3) is 3.57. The van der Waals surface area contributed by atoms with E-state index in [1.165, 1.54) is 13.2 Å². The van der Waals surface area contributed by atoms with Crippen LogP contribution in [-0.2, 0) is 4.74 Å². The minimum atomic E-state index is -0.475. The van der Waals surface area contributed by atoms with Crippen molar-refractivity contribution in [1.82, 2.24) is 0 Å². The highest BCUT2D eigenvalue weighted by atomic mass is 127. The average molecular weight is 382 g/mol. The van der Waals surface area contributed by atoms with Crippen molar-refractivity contribution in [3.8, 4) is 5.75 Å².